The highest BCUT2D eigenvalue weighted by molar-refractivity contribution is 7.87. The van der Waals surface area contributed by atoms with Gasteiger partial charge in [0.05, 0.1) is 11.3 Å². The Bertz CT molecular complexity index is 711. The third-order valence-electron chi connectivity index (χ3n) is 2.62. The highest BCUT2D eigenvalue weighted by Gasteiger charge is 2.49. The van der Waals surface area contributed by atoms with Crippen molar-refractivity contribution in [2.24, 2.45) is 0 Å². The second kappa shape index (κ2) is 5.04. The first-order valence-corrected chi connectivity index (χ1v) is 6.84. The summed E-state index contributed by atoms with van der Waals surface area (Å²) < 4.78 is 63.1. The molecule has 1 N–H and O–H groups in total. The molecule has 6 nitrogen and oxygen atoms in total. The molecule has 10 heteroatoms. The molecule has 0 aromatic heterocycles. The molecule has 0 atom stereocenters. The Morgan fingerprint density at radius 3 is 2.48 bits per heavy atom. The fourth-order valence-corrected chi connectivity index (χ4v) is 2.10. The SMILES string of the molecule is O=C(O)C1=CN(OS(=O)(=O)C(F)(F)F)c2ccccc2C1. The maximum Gasteiger partial charge on any atom is 0.525 e. The number of alkyl halides is 3. The average molecular weight is 323 g/mol. The lowest BCUT2D eigenvalue weighted by Crippen LogP contribution is -2.34. The van der Waals surface area contributed by atoms with Gasteiger partial charge in [0.2, 0.25) is 0 Å². The standard InChI is InChI=1S/C11H8F3NO5S/c12-11(13,14)21(18,19)20-15-6-8(10(16)17)5-7-3-1-2-4-9(7)15/h1-4,6H,5H2,(H,16,17). The zero-order chi connectivity index (χ0) is 15.8. The largest absolute Gasteiger partial charge is 0.525 e. The van der Waals surface area contributed by atoms with Gasteiger partial charge in [-0.05, 0) is 11.6 Å². The lowest BCUT2D eigenvalue weighted by molar-refractivity contribution is -0.132. The van der Waals surface area contributed by atoms with E-state index >= 15 is 0 Å². The van der Waals surface area contributed by atoms with Gasteiger partial charge in [-0.15, -0.1) is 4.28 Å². The van der Waals surface area contributed by atoms with Gasteiger partial charge in [0.25, 0.3) is 0 Å². The molecule has 0 aliphatic carbocycles. The molecule has 0 spiro atoms. The maximum atomic E-state index is 12.3. The van der Waals surface area contributed by atoms with Crippen molar-refractivity contribution in [3.8, 4) is 0 Å². The van der Waals surface area contributed by atoms with E-state index in [1.165, 1.54) is 18.2 Å². The van der Waals surface area contributed by atoms with Gasteiger partial charge in [-0.2, -0.15) is 21.6 Å². The average Bonchev–Trinajstić information content (AvgIpc) is 2.36. The minimum atomic E-state index is -5.90. The number of carbonyl (C=O) groups is 1. The van der Waals surface area contributed by atoms with Crippen LogP contribution in [-0.2, 0) is 25.6 Å². The minimum absolute atomic E-state index is 0.0234. The monoisotopic (exact) mass is 323 g/mol. The van der Waals surface area contributed by atoms with Crippen LogP contribution in [0.4, 0.5) is 18.9 Å². The Morgan fingerprint density at radius 2 is 1.90 bits per heavy atom. The van der Waals surface area contributed by atoms with Crippen molar-refractivity contribution in [3.63, 3.8) is 0 Å². The lowest BCUT2D eigenvalue weighted by atomic mass is 10.0. The van der Waals surface area contributed by atoms with Crippen molar-refractivity contribution in [1.82, 2.24) is 0 Å². The maximum absolute atomic E-state index is 12.3. The Hall–Kier alpha value is -2.07. The fourth-order valence-electron chi connectivity index (χ4n) is 1.68. The van der Waals surface area contributed by atoms with Crippen LogP contribution in [0.3, 0.4) is 0 Å². The van der Waals surface area contributed by atoms with Crippen molar-refractivity contribution in [2.75, 3.05) is 5.06 Å². The number of hydroxylamine groups is 1. The van der Waals surface area contributed by atoms with Gasteiger partial charge in [-0.25, -0.2) is 9.86 Å². The number of carboxylic acids is 1. The number of rotatable bonds is 3. The Labute approximate surface area is 117 Å². The smallest absolute Gasteiger partial charge is 0.478 e. The molecule has 2 rings (SSSR count). The number of para-hydroxylation sites is 1. The van der Waals surface area contributed by atoms with Crippen LogP contribution >= 0.6 is 0 Å². The first-order chi connectivity index (χ1) is 9.62. The van der Waals surface area contributed by atoms with E-state index in [2.05, 4.69) is 4.28 Å². The number of anilines is 1. The second-order valence-corrected chi connectivity index (χ2v) is 5.59. The molecule has 1 aliphatic heterocycles. The molecule has 0 saturated carbocycles. The number of hydrogen-bond acceptors (Lipinski definition) is 5. The number of fused-ring (bicyclic) bond motifs is 1. The molecule has 114 valence electrons. The molecule has 0 fully saturated rings. The highest BCUT2D eigenvalue weighted by atomic mass is 32.2. The van der Waals surface area contributed by atoms with Crippen LogP contribution in [0.2, 0.25) is 0 Å². The van der Waals surface area contributed by atoms with Gasteiger partial charge in [0, 0.05) is 12.6 Å². The van der Waals surface area contributed by atoms with Crippen LogP contribution in [0.25, 0.3) is 0 Å². The first-order valence-electron chi connectivity index (χ1n) is 5.44. The Morgan fingerprint density at radius 1 is 1.29 bits per heavy atom. The van der Waals surface area contributed by atoms with E-state index in [0.29, 0.717) is 16.8 Å². The lowest BCUT2D eigenvalue weighted by Gasteiger charge is -2.26. The van der Waals surface area contributed by atoms with Crippen molar-refractivity contribution < 1.29 is 35.8 Å². The van der Waals surface area contributed by atoms with Crippen molar-refractivity contribution in [3.05, 3.63) is 41.6 Å². The zero-order valence-electron chi connectivity index (χ0n) is 10.2. The van der Waals surface area contributed by atoms with Crippen molar-refractivity contribution in [1.29, 1.82) is 0 Å². The van der Waals surface area contributed by atoms with Gasteiger partial charge in [0.15, 0.2) is 0 Å². The van der Waals surface area contributed by atoms with Gasteiger partial charge in [-0.3, -0.25) is 0 Å². The summed E-state index contributed by atoms with van der Waals surface area (Å²) >= 11 is 0. The fraction of sp³-hybridized carbons (Fsp3) is 0.182. The summed E-state index contributed by atoms with van der Waals surface area (Å²) in [4.78, 5) is 11.0. The van der Waals surface area contributed by atoms with E-state index in [0.717, 1.165) is 0 Å². The predicted molar refractivity (Wildman–Crippen MR) is 64.4 cm³/mol. The summed E-state index contributed by atoms with van der Waals surface area (Å²) in [5.74, 6) is -1.39. The van der Waals surface area contributed by atoms with Crippen LogP contribution in [0.5, 0.6) is 0 Å². The number of benzene rings is 1. The van der Waals surface area contributed by atoms with Gasteiger partial charge in [-0.1, -0.05) is 18.2 Å². The summed E-state index contributed by atoms with van der Waals surface area (Å²) in [6.07, 6.45) is 0.644. The van der Waals surface area contributed by atoms with Crippen molar-refractivity contribution in [2.45, 2.75) is 11.9 Å². The first kappa shape index (κ1) is 15.3. The van der Waals surface area contributed by atoms with Crippen LogP contribution in [-0.4, -0.2) is 25.0 Å². The zero-order valence-corrected chi connectivity index (χ0v) is 11.0. The molecule has 21 heavy (non-hydrogen) atoms. The minimum Gasteiger partial charge on any atom is -0.478 e. The molecule has 0 unspecified atom stereocenters. The molecule has 0 amide bonds. The summed E-state index contributed by atoms with van der Waals surface area (Å²) in [5.41, 5.74) is -5.56. The second-order valence-electron chi connectivity index (χ2n) is 4.07. The quantitative estimate of drug-likeness (QED) is 0.854. The van der Waals surface area contributed by atoms with Gasteiger partial charge < -0.3 is 5.11 Å². The number of hydrogen-bond donors (Lipinski definition) is 1. The van der Waals surface area contributed by atoms with E-state index in [1.807, 2.05) is 0 Å². The van der Waals surface area contributed by atoms with E-state index in [9.17, 15) is 26.4 Å². The molecule has 0 bridgehead atoms. The van der Waals surface area contributed by atoms with Crippen LogP contribution in [0.15, 0.2) is 36.0 Å². The number of halogens is 3. The van der Waals surface area contributed by atoms with Crippen molar-refractivity contribution >= 4 is 21.8 Å². The Balaban J connectivity index is 2.45. The highest BCUT2D eigenvalue weighted by Crippen LogP contribution is 2.33. The molecule has 0 saturated heterocycles. The third-order valence-corrected chi connectivity index (χ3v) is 3.54. The molecule has 1 heterocycles. The third kappa shape index (κ3) is 3.00. The number of nitrogens with zero attached hydrogens (tertiary/aromatic N) is 1. The summed E-state index contributed by atoms with van der Waals surface area (Å²) in [7, 11) is -5.90. The molecule has 0 radical (unpaired) electrons. The van der Waals surface area contributed by atoms with E-state index in [4.69, 9.17) is 5.11 Å². The summed E-state index contributed by atoms with van der Waals surface area (Å²) in [6.45, 7) is 0. The topological polar surface area (TPSA) is 83.9 Å². The normalized spacial score (nSPS) is 15.4. The van der Waals surface area contributed by atoms with E-state index < -0.39 is 21.6 Å². The molecule has 1 aliphatic rings. The van der Waals surface area contributed by atoms with Gasteiger partial charge in [0.1, 0.15) is 0 Å². The Kier molecular flexibility index (Phi) is 3.68. The summed E-state index contributed by atoms with van der Waals surface area (Å²) in [5, 5.41) is 9.21. The number of carboxylic acid groups (broad SMARTS) is 1. The van der Waals surface area contributed by atoms with E-state index in [-0.39, 0.29) is 17.7 Å². The molecule has 1 aromatic carbocycles. The van der Waals surface area contributed by atoms with Crippen LogP contribution in [0, 0.1) is 0 Å². The molecular formula is C11H8F3NO5S. The predicted octanol–water partition coefficient (Wildman–Crippen LogP) is 1.80. The van der Waals surface area contributed by atoms with Crippen LogP contribution in [0.1, 0.15) is 5.56 Å². The summed E-state index contributed by atoms with van der Waals surface area (Å²) in [6, 6.07) is 5.77. The molecule has 1 aromatic rings. The number of aliphatic carboxylic acids is 1. The van der Waals surface area contributed by atoms with Crippen LogP contribution < -0.4 is 5.06 Å². The molecular weight excluding hydrogens is 315 g/mol. The van der Waals surface area contributed by atoms with Gasteiger partial charge >= 0.3 is 21.6 Å². The van der Waals surface area contributed by atoms with E-state index in [1.54, 1.807) is 6.07 Å².